The Morgan fingerprint density at radius 3 is 2.52 bits per heavy atom. The van der Waals surface area contributed by atoms with E-state index >= 15 is 0 Å². The molecule has 1 rings (SSSR count). The number of nitrogens with one attached hydrogen (secondary N) is 1. The van der Waals surface area contributed by atoms with E-state index in [4.69, 9.17) is 4.74 Å². The number of hydrogen-bond donors (Lipinski definition) is 2. The Morgan fingerprint density at radius 1 is 1.35 bits per heavy atom. The molecule has 0 aliphatic heterocycles. The molecule has 7 nitrogen and oxygen atoms in total. The minimum absolute atomic E-state index is 0.0803. The number of carboxylic acids is 1. The standard InChI is InChI=1S/C15H21NO6S/c1-4-8-15(2,14(18)19)16-13(17)10-22-11-6-5-7-12(9-11)23(3,20)21/h5-7,9H,4,8,10H2,1-3H3,(H,16,17)(H,18,19)/t15-/m0/s1. The van der Waals surface area contributed by atoms with Crippen LogP contribution in [-0.2, 0) is 19.4 Å². The topological polar surface area (TPSA) is 110 Å². The molecule has 23 heavy (non-hydrogen) atoms. The summed E-state index contributed by atoms with van der Waals surface area (Å²) in [6, 6.07) is 5.75. The van der Waals surface area contributed by atoms with Gasteiger partial charge in [0.25, 0.3) is 5.91 Å². The van der Waals surface area contributed by atoms with Crippen molar-refractivity contribution in [1.29, 1.82) is 0 Å². The lowest BCUT2D eigenvalue weighted by Crippen LogP contribution is -2.53. The van der Waals surface area contributed by atoms with Crippen LogP contribution in [0, 0.1) is 0 Å². The average molecular weight is 343 g/mol. The zero-order valence-electron chi connectivity index (χ0n) is 13.3. The van der Waals surface area contributed by atoms with Crippen LogP contribution in [0.1, 0.15) is 26.7 Å². The fourth-order valence-corrected chi connectivity index (χ4v) is 2.67. The number of ether oxygens (including phenoxy) is 1. The smallest absolute Gasteiger partial charge is 0.329 e. The maximum atomic E-state index is 11.9. The summed E-state index contributed by atoms with van der Waals surface area (Å²) in [4.78, 5) is 23.2. The van der Waals surface area contributed by atoms with Gasteiger partial charge in [-0.2, -0.15) is 0 Å². The highest BCUT2D eigenvalue weighted by Crippen LogP contribution is 2.17. The molecule has 0 saturated carbocycles. The molecular formula is C15H21NO6S. The lowest BCUT2D eigenvalue weighted by atomic mass is 9.96. The maximum absolute atomic E-state index is 11.9. The quantitative estimate of drug-likeness (QED) is 0.734. The first-order valence-corrected chi connectivity index (χ1v) is 8.95. The average Bonchev–Trinajstić information content (AvgIpc) is 2.44. The molecule has 1 amide bonds. The second-order valence-electron chi connectivity index (χ2n) is 5.47. The number of sulfone groups is 1. The minimum Gasteiger partial charge on any atom is -0.484 e. The first kappa shape index (κ1) is 19.0. The normalized spacial score (nSPS) is 13.9. The van der Waals surface area contributed by atoms with Crippen molar-refractivity contribution in [2.24, 2.45) is 0 Å². The van der Waals surface area contributed by atoms with Gasteiger partial charge in [0.05, 0.1) is 4.90 Å². The largest absolute Gasteiger partial charge is 0.484 e. The summed E-state index contributed by atoms with van der Waals surface area (Å²) < 4.78 is 28.2. The van der Waals surface area contributed by atoms with Crippen LogP contribution in [-0.4, -0.2) is 43.8 Å². The third-order valence-corrected chi connectivity index (χ3v) is 4.35. The van der Waals surface area contributed by atoms with Crippen molar-refractivity contribution in [3.05, 3.63) is 24.3 Å². The summed E-state index contributed by atoms with van der Waals surface area (Å²) in [7, 11) is -3.37. The van der Waals surface area contributed by atoms with Gasteiger partial charge < -0.3 is 15.2 Å². The van der Waals surface area contributed by atoms with Crippen LogP contribution >= 0.6 is 0 Å². The second kappa shape index (κ2) is 7.45. The molecule has 0 aliphatic rings. The van der Waals surface area contributed by atoms with Gasteiger partial charge >= 0.3 is 5.97 Å². The van der Waals surface area contributed by atoms with Crippen molar-refractivity contribution in [1.82, 2.24) is 5.32 Å². The highest BCUT2D eigenvalue weighted by molar-refractivity contribution is 7.90. The summed E-state index contributed by atoms with van der Waals surface area (Å²) in [5, 5.41) is 11.6. The Morgan fingerprint density at radius 2 is 2.00 bits per heavy atom. The highest BCUT2D eigenvalue weighted by atomic mass is 32.2. The van der Waals surface area contributed by atoms with Crippen LogP contribution in [0.3, 0.4) is 0 Å². The Bertz CT molecular complexity index is 685. The number of benzene rings is 1. The number of carbonyl (C=O) groups is 2. The zero-order chi connectivity index (χ0) is 17.7. The van der Waals surface area contributed by atoms with E-state index in [1.165, 1.54) is 31.2 Å². The van der Waals surface area contributed by atoms with E-state index in [2.05, 4.69) is 5.32 Å². The van der Waals surface area contributed by atoms with Gasteiger partial charge in [-0.15, -0.1) is 0 Å². The molecule has 2 N–H and O–H groups in total. The van der Waals surface area contributed by atoms with E-state index in [1.807, 2.05) is 6.92 Å². The van der Waals surface area contributed by atoms with Crippen molar-refractivity contribution < 1.29 is 27.9 Å². The molecule has 0 unspecified atom stereocenters. The first-order valence-electron chi connectivity index (χ1n) is 7.06. The number of aliphatic carboxylic acids is 1. The molecule has 0 spiro atoms. The molecule has 1 aromatic rings. The second-order valence-corrected chi connectivity index (χ2v) is 7.49. The fraction of sp³-hybridized carbons (Fsp3) is 0.467. The Hall–Kier alpha value is -2.09. The molecule has 0 radical (unpaired) electrons. The van der Waals surface area contributed by atoms with Crippen molar-refractivity contribution in [2.75, 3.05) is 12.9 Å². The maximum Gasteiger partial charge on any atom is 0.329 e. The Labute approximate surface area is 135 Å². The summed E-state index contributed by atoms with van der Waals surface area (Å²) in [5.74, 6) is -1.49. The summed E-state index contributed by atoms with van der Waals surface area (Å²) in [6.07, 6.45) is 1.96. The molecule has 8 heteroatoms. The van der Waals surface area contributed by atoms with Crippen molar-refractivity contribution >= 4 is 21.7 Å². The third kappa shape index (κ3) is 5.55. The van der Waals surface area contributed by atoms with E-state index < -0.39 is 33.9 Å². The molecule has 0 saturated heterocycles. The molecular weight excluding hydrogens is 322 g/mol. The van der Waals surface area contributed by atoms with E-state index in [1.54, 1.807) is 0 Å². The minimum atomic E-state index is -3.37. The van der Waals surface area contributed by atoms with E-state index in [9.17, 15) is 23.1 Å². The molecule has 0 heterocycles. The lowest BCUT2D eigenvalue weighted by molar-refractivity contribution is -0.147. The van der Waals surface area contributed by atoms with E-state index in [0.717, 1.165) is 6.26 Å². The third-order valence-electron chi connectivity index (χ3n) is 3.24. The van der Waals surface area contributed by atoms with Crippen LogP contribution in [0.2, 0.25) is 0 Å². The van der Waals surface area contributed by atoms with E-state index in [0.29, 0.717) is 6.42 Å². The molecule has 0 aliphatic carbocycles. The van der Waals surface area contributed by atoms with Crippen molar-refractivity contribution in [3.8, 4) is 5.75 Å². The van der Waals surface area contributed by atoms with Gasteiger partial charge in [0.15, 0.2) is 16.4 Å². The number of carbonyl (C=O) groups excluding carboxylic acids is 1. The van der Waals surface area contributed by atoms with E-state index in [-0.39, 0.29) is 17.1 Å². The van der Waals surface area contributed by atoms with Crippen LogP contribution in [0.15, 0.2) is 29.2 Å². The predicted octanol–water partition coefficient (Wildman–Crippen LogP) is 1.23. The highest BCUT2D eigenvalue weighted by Gasteiger charge is 2.33. The Kier molecular flexibility index (Phi) is 6.14. The Balaban J connectivity index is 2.72. The van der Waals surface area contributed by atoms with Gasteiger partial charge in [0.2, 0.25) is 0 Å². The van der Waals surface area contributed by atoms with Crippen LogP contribution in [0.4, 0.5) is 0 Å². The van der Waals surface area contributed by atoms with Gasteiger partial charge in [-0.05, 0) is 31.5 Å². The molecule has 0 bridgehead atoms. The van der Waals surface area contributed by atoms with Crippen LogP contribution in [0.5, 0.6) is 5.75 Å². The number of hydrogen-bond acceptors (Lipinski definition) is 5. The van der Waals surface area contributed by atoms with Gasteiger partial charge in [0, 0.05) is 6.26 Å². The number of amides is 1. The predicted molar refractivity (Wildman–Crippen MR) is 84.1 cm³/mol. The molecule has 128 valence electrons. The summed E-state index contributed by atoms with van der Waals surface area (Å²) in [5.41, 5.74) is -1.36. The SMILES string of the molecule is CCC[C@](C)(NC(=O)COc1cccc(S(C)(=O)=O)c1)C(=O)O. The molecule has 0 fully saturated rings. The number of carboxylic acid groups (broad SMARTS) is 1. The monoisotopic (exact) mass is 343 g/mol. The van der Waals surface area contributed by atoms with Crippen LogP contribution < -0.4 is 10.1 Å². The molecule has 0 aromatic heterocycles. The zero-order valence-corrected chi connectivity index (χ0v) is 14.1. The number of rotatable bonds is 8. The summed E-state index contributed by atoms with van der Waals surface area (Å²) in [6.45, 7) is 2.85. The molecule has 1 aromatic carbocycles. The van der Waals surface area contributed by atoms with Gasteiger partial charge in [-0.3, -0.25) is 4.79 Å². The first-order chi connectivity index (χ1) is 10.6. The summed E-state index contributed by atoms with van der Waals surface area (Å²) >= 11 is 0. The van der Waals surface area contributed by atoms with Gasteiger partial charge in [-0.1, -0.05) is 19.4 Å². The fourth-order valence-electron chi connectivity index (χ4n) is 2.01. The van der Waals surface area contributed by atoms with Gasteiger partial charge in [0.1, 0.15) is 11.3 Å². The lowest BCUT2D eigenvalue weighted by Gasteiger charge is -2.25. The van der Waals surface area contributed by atoms with Gasteiger partial charge in [-0.25, -0.2) is 13.2 Å². The van der Waals surface area contributed by atoms with Crippen LogP contribution in [0.25, 0.3) is 0 Å². The van der Waals surface area contributed by atoms with Crippen molar-refractivity contribution in [2.45, 2.75) is 37.1 Å². The van der Waals surface area contributed by atoms with Crippen molar-refractivity contribution in [3.63, 3.8) is 0 Å². The molecule has 1 atom stereocenters.